The lowest BCUT2D eigenvalue weighted by Crippen LogP contribution is -2.45. The molecule has 170 valence electrons. The number of aromatic nitrogens is 1. The van der Waals surface area contributed by atoms with Crippen LogP contribution in [0.25, 0.3) is 11.1 Å². The molecule has 1 aromatic heterocycles. The minimum atomic E-state index is -1.30. The van der Waals surface area contributed by atoms with Crippen molar-refractivity contribution >= 4 is 34.4 Å². The minimum absolute atomic E-state index is 0.0616. The van der Waals surface area contributed by atoms with Crippen LogP contribution >= 0.6 is 11.3 Å². The molecule has 0 bridgehead atoms. The summed E-state index contributed by atoms with van der Waals surface area (Å²) in [7, 11) is 0. The molecule has 8 nitrogen and oxygen atoms in total. The fourth-order valence-corrected chi connectivity index (χ4v) is 4.70. The summed E-state index contributed by atoms with van der Waals surface area (Å²) in [6.45, 7) is 3.74. The summed E-state index contributed by atoms with van der Waals surface area (Å²) >= 11 is 1.28. The smallest absolute Gasteiger partial charge is 0.407 e. The van der Waals surface area contributed by atoms with Crippen LogP contribution in [0.1, 0.15) is 34.0 Å². The van der Waals surface area contributed by atoms with Gasteiger partial charge in [0, 0.05) is 10.8 Å². The first kappa shape index (κ1) is 22.5. The number of carbonyl (C=O) groups is 3. The third kappa shape index (κ3) is 4.88. The number of carboxylic acids is 1. The maximum atomic E-state index is 12.6. The van der Waals surface area contributed by atoms with Crippen molar-refractivity contribution in [1.29, 1.82) is 0 Å². The molecule has 3 aromatic rings. The van der Waals surface area contributed by atoms with Crippen LogP contribution in [-0.2, 0) is 14.3 Å². The van der Waals surface area contributed by atoms with E-state index in [-0.39, 0.29) is 12.5 Å². The van der Waals surface area contributed by atoms with Crippen molar-refractivity contribution in [3.8, 4) is 11.1 Å². The van der Waals surface area contributed by atoms with E-state index in [1.165, 1.54) is 11.3 Å². The first-order chi connectivity index (χ1) is 15.8. The van der Waals surface area contributed by atoms with Gasteiger partial charge in [0.05, 0.1) is 12.1 Å². The van der Waals surface area contributed by atoms with Gasteiger partial charge in [0.25, 0.3) is 0 Å². The number of anilines is 1. The summed E-state index contributed by atoms with van der Waals surface area (Å²) in [5.41, 5.74) is 5.08. The molecular formula is C24H23N3O5S. The Morgan fingerprint density at radius 3 is 2.21 bits per heavy atom. The van der Waals surface area contributed by atoms with Crippen LogP contribution in [0.5, 0.6) is 0 Å². The first-order valence-corrected chi connectivity index (χ1v) is 11.2. The highest BCUT2D eigenvalue weighted by Crippen LogP contribution is 2.44. The van der Waals surface area contributed by atoms with E-state index >= 15 is 0 Å². The molecule has 9 heteroatoms. The van der Waals surface area contributed by atoms with Crippen LogP contribution in [0.4, 0.5) is 9.93 Å². The molecular weight excluding hydrogens is 442 g/mol. The maximum Gasteiger partial charge on any atom is 0.407 e. The highest BCUT2D eigenvalue weighted by atomic mass is 32.1. The lowest BCUT2D eigenvalue weighted by Gasteiger charge is -2.18. The molecule has 4 rings (SSSR count). The largest absolute Gasteiger partial charge is 0.481 e. The molecule has 0 saturated carbocycles. The van der Waals surface area contributed by atoms with Crippen LogP contribution in [0.3, 0.4) is 0 Å². The number of aryl methyl sites for hydroxylation is 2. The summed E-state index contributed by atoms with van der Waals surface area (Å²) in [6.07, 6.45) is -1.44. The first-order valence-electron chi connectivity index (χ1n) is 10.4. The van der Waals surface area contributed by atoms with Crippen molar-refractivity contribution in [3.05, 3.63) is 70.2 Å². The van der Waals surface area contributed by atoms with Gasteiger partial charge in [-0.05, 0) is 36.1 Å². The van der Waals surface area contributed by atoms with E-state index in [9.17, 15) is 19.5 Å². The molecule has 0 saturated heterocycles. The zero-order valence-electron chi connectivity index (χ0n) is 18.1. The number of carboxylic acid groups (broad SMARTS) is 1. The summed E-state index contributed by atoms with van der Waals surface area (Å²) in [6, 6.07) is 14.6. The molecule has 2 amide bonds. The van der Waals surface area contributed by atoms with E-state index < -0.39 is 30.4 Å². The third-order valence-corrected chi connectivity index (χ3v) is 6.58. The van der Waals surface area contributed by atoms with Crippen molar-refractivity contribution in [2.24, 2.45) is 0 Å². The molecule has 1 unspecified atom stereocenters. The number of aliphatic carboxylic acids is 1. The molecule has 0 fully saturated rings. The highest BCUT2D eigenvalue weighted by molar-refractivity contribution is 7.15. The van der Waals surface area contributed by atoms with Crippen LogP contribution < -0.4 is 10.6 Å². The zero-order valence-corrected chi connectivity index (χ0v) is 18.9. The van der Waals surface area contributed by atoms with Gasteiger partial charge >= 0.3 is 12.1 Å². The Kier molecular flexibility index (Phi) is 6.41. The Hall–Kier alpha value is -3.72. The summed E-state index contributed by atoms with van der Waals surface area (Å²) in [5, 5.41) is 14.5. The molecule has 0 spiro atoms. The number of fused-ring (bicyclic) bond motifs is 3. The van der Waals surface area contributed by atoms with Gasteiger partial charge in [0.1, 0.15) is 12.6 Å². The Labute approximate surface area is 194 Å². The molecule has 0 radical (unpaired) electrons. The predicted octanol–water partition coefficient (Wildman–Crippen LogP) is 4.08. The van der Waals surface area contributed by atoms with E-state index in [0.717, 1.165) is 32.8 Å². The quantitative estimate of drug-likeness (QED) is 0.484. The minimum Gasteiger partial charge on any atom is -0.481 e. The van der Waals surface area contributed by atoms with Crippen molar-refractivity contribution < 1.29 is 24.2 Å². The number of carbonyl (C=O) groups excluding carboxylic acids is 2. The number of alkyl carbamates (subject to hydrolysis) is 1. The highest BCUT2D eigenvalue weighted by Gasteiger charge is 2.30. The van der Waals surface area contributed by atoms with Gasteiger partial charge < -0.3 is 20.5 Å². The van der Waals surface area contributed by atoms with Gasteiger partial charge in [-0.3, -0.25) is 9.59 Å². The van der Waals surface area contributed by atoms with E-state index in [1.54, 1.807) is 0 Å². The average molecular weight is 466 g/mol. The Bertz CT molecular complexity index is 1160. The van der Waals surface area contributed by atoms with E-state index in [1.807, 2.05) is 62.4 Å². The number of nitrogens with one attached hydrogen (secondary N) is 2. The maximum absolute atomic E-state index is 12.6. The number of ether oxygens (including phenoxy) is 1. The predicted molar refractivity (Wildman–Crippen MR) is 124 cm³/mol. The second-order valence-electron chi connectivity index (χ2n) is 7.77. The van der Waals surface area contributed by atoms with Gasteiger partial charge in [0.2, 0.25) is 5.91 Å². The molecule has 1 atom stereocenters. The molecule has 1 aliphatic rings. The Balaban J connectivity index is 1.43. The van der Waals surface area contributed by atoms with E-state index in [0.29, 0.717) is 5.13 Å². The second kappa shape index (κ2) is 9.41. The standard InChI is InChI=1S/C24H23N3O5S/c1-13-14(2)33-23(25-13)27-22(30)20(11-21(28)29)26-24(31)32-12-19-17-9-5-3-7-15(17)16-8-4-6-10-18(16)19/h3-10,19-20H,11-12H2,1-2H3,(H,26,31)(H,28,29)(H,25,27,30). The number of amides is 2. The van der Waals surface area contributed by atoms with Crippen LogP contribution in [-0.4, -0.2) is 40.7 Å². The van der Waals surface area contributed by atoms with E-state index in [2.05, 4.69) is 15.6 Å². The van der Waals surface area contributed by atoms with Crippen LogP contribution in [0, 0.1) is 13.8 Å². The van der Waals surface area contributed by atoms with Crippen molar-refractivity contribution in [3.63, 3.8) is 0 Å². The van der Waals surface area contributed by atoms with Gasteiger partial charge in [-0.15, -0.1) is 11.3 Å². The van der Waals surface area contributed by atoms with Gasteiger partial charge in [-0.2, -0.15) is 0 Å². The van der Waals surface area contributed by atoms with Crippen LogP contribution in [0.15, 0.2) is 48.5 Å². The van der Waals surface area contributed by atoms with Crippen molar-refractivity contribution in [2.75, 3.05) is 11.9 Å². The van der Waals surface area contributed by atoms with E-state index in [4.69, 9.17) is 4.74 Å². The van der Waals surface area contributed by atoms with Crippen molar-refractivity contribution in [2.45, 2.75) is 32.2 Å². The number of benzene rings is 2. The summed E-state index contributed by atoms with van der Waals surface area (Å²) in [4.78, 5) is 41.5. The SMILES string of the molecule is Cc1nc(NC(=O)C(CC(=O)O)NC(=O)OCC2c3ccccc3-c3ccccc32)sc1C. The van der Waals surface area contributed by atoms with Crippen molar-refractivity contribution in [1.82, 2.24) is 10.3 Å². The number of nitrogens with zero attached hydrogens (tertiary/aromatic N) is 1. The van der Waals surface area contributed by atoms with Gasteiger partial charge in [0.15, 0.2) is 5.13 Å². The lowest BCUT2D eigenvalue weighted by molar-refractivity contribution is -0.139. The monoisotopic (exact) mass is 465 g/mol. The fraction of sp³-hybridized carbons (Fsp3) is 0.250. The molecule has 2 aromatic carbocycles. The Morgan fingerprint density at radius 1 is 1.06 bits per heavy atom. The third-order valence-electron chi connectivity index (χ3n) is 5.59. The zero-order chi connectivity index (χ0) is 23.5. The normalized spacial score (nSPS) is 13.0. The topological polar surface area (TPSA) is 118 Å². The molecule has 33 heavy (non-hydrogen) atoms. The number of thiazole rings is 1. The van der Waals surface area contributed by atoms with Gasteiger partial charge in [-0.25, -0.2) is 9.78 Å². The molecule has 1 aliphatic carbocycles. The summed E-state index contributed by atoms with van der Waals surface area (Å²) < 4.78 is 5.44. The lowest BCUT2D eigenvalue weighted by atomic mass is 9.98. The Morgan fingerprint density at radius 2 is 1.67 bits per heavy atom. The summed E-state index contributed by atoms with van der Waals surface area (Å²) in [5.74, 6) is -2.03. The number of rotatable bonds is 7. The number of hydrogen-bond donors (Lipinski definition) is 3. The molecule has 0 aliphatic heterocycles. The molecule has 1 heterocycles. The second-order valence-corrected chi connectivity index (χ2v) is 8.97. The van der Waals surface area contributed by atoms with Crippen LogP contribution in [0.2, 0.25) is 0 Å². The number of hydrogen-bond acceptors (Lipinski definition) is 6. The fourth-order valence-electron chi connectivity index (χ4n) is 3.88. The molecule has 3 N–H and O–H groups in total. The van der Waals surface area contributed by atoms with Gasteiger partial charge in [-0.1, -0.05) is 48.5 Å². The average Bonchev–Trinajstić information content (AvgIpc) is 3.27.